The minimum Gasteiger partial charge on any atom is -0.472 e. The zero-order chi connectivity index (χ0) is 11.5. The Morgan fingerprint density at radius 3 is 2.81 bits per heavy atom. The summed E-state index contributed by atoms with van der Waals surface area (Å²) < 4.78 is 4.98. The molecule has 0 aliphatic carbocycles. The van der Waals surface area contributed by atoms with Crippen LogP contribution in [0.1, 0.15) is 12.5 Å². The van der Waals surface area contributed by atoms with Gasteiger partial charge in [0.25, 0.3) is 0 Å². The Bertz CT molecular complexity index is 401. The van der Waals surface area contributed by atoms with Gasteiger partial charge >= 0.3 is 0 Å². The van der Waals surface area contributed by atoms with Crippen molar-refractivity contribution in [3.05, 3.63) is 35.3 Å². The van der Waals surface area contributed by atoms with Crippen LogP contribution in [0, 0.1) is 0 Å². The van der Waals surface area contributed by atoms with Crippen molar-refractivity contribution in [3.63, 3.8) is 0 Å². The number of nitrogens with one attached hydrogen (secondary N) is 1. The molecule has 0 radical (unpaired) electrons. The molecule has 2 rings (SSSR count). The maximum absolute atomic E-state index is 12.0. The number of hydrogen-bond acceptors (Lipinski definition) is 3. The lowest BCUT2D eigenvalue weighted by atomic mass is 10.0. The Hall–Kier alpha value is -1.55. The van der Waals surface area contributed by atoms with Gasteiger partial charge in [-0.3, -0.25) is 4.79 Å². The second kappa shape index (κ2) is 4.53. The molecule has 2 heterocycles. The first-order chi connectivity index (χ1) is 7.68. The summed E-state index contributed by atoms with van der Waals surface area (Å²) in [6.07, 6.45) is 3.28. The number of furan rings is 1. The maximum atomic E-state index is 12.0. The average molecular weight is 220 g/mol. The number of nitrogens with zero attached hydrogens (tertiary/aromatic N) is 1. The van der Waals surface area contributed by atoms with Gasteiger partial charge in [0.15, 0.2) is 0 Å². The van der Waals surface area contributed by atoms with Gasteiger partial charge in [-0.15, -0.1) is 0 Å². The van der Waals surface area contributed by atoms with Crippen LogP contribution in [-0.4, -0.2) is 30.9 Å². The molecule has 4 nitrogen and oxygen atoms in total. The highest BCUT2D eigenvalue weighted by Crippen LogP contribution is 2.13. The fourth-order valence-corrected chi connectivity index (χ4v) is 1.68. The summed E-state index contributed by atoms with van der Waals surface area (Å²) in [7, 11) is 1.81. The number of amides is 1. The Labute approximate surface area is 94.9 Å². The lowest BCUT2D eigenvalue weighted by Gasteiger charge is -2.24. The van der Waals surface area contributed by atoms with E-state index in [0.717, 1.165) is 24.2 Å². The fraction of sp³-hybridized carbons (Fsp3) is 0.417. The minimum atomic E-state index is 0.0951. The van der Waals surface area contributed by atoms with E-state index in [1.165, 1.54) is 5.57 Å². The van der Waals surface area contributed by atoms with Gasteiger partial charge < -0.3 is 14.6 Å². The summed E-state index contributed by atoms with van der Waals surface area (Å²) in [5, 5.41) is 3.14. The Kier molecular flexibility index (Phi) is 3.10. The molecule has 16 heavy (non-hydrogen) atoms. The Morgan fingerprint density at radius 1 is 1.56 bits per heavy atom. The molecule has 0 saturated carbocycles. The zero-order valence-corrected chi connectivity index (χ0v) is 9.62. The highest BCUT2D eigenvalue weighted by Gasteiger charge is 2.18. The molecule has 1 amide bonds. The standard InChI is InChI=1S/C12H16N2O2/c1-9(11-5-13-6-11)12(15)14(2)7-10-3-4-16-8-10/h3-4,8,13H,5-7H2,1-2H3. The molecule has 1 aliphatic heterocycles. The predicted octanol–water partition coefficient (Wildman–Crippen LogP) is 1.16. The lowest BCUT2D eigenvalue weighted by molar-refractivity contribution is -0.126. The number of hydrogen-bond donors (Lipinski definition) is 1. The number of rotatable bonds is 3. The molecule has 1 fully saturated rings. The first-order valence-electron chi connectivity index (χ1n) is 5.34. The first kappa shape index (κ1) is 11.0. The summed E-state index contributed by atoms with van der Waals surface area (Å²) >= 11 is 0. The van der Waals surface area contributed by atoms with Crippen LogP contribution in [0.4, 0.5) is 0 Å². The van der Waals surface area contributed by atoms with E-state index < -0.39 is 0 Å². The molecule has 1 N–H and O–H groups in total. The molecule has 0 unspecified atom stereocenters. The molecule has 0 atom stereocenters. The second-order valence-corrected chi connectivity index (χ2v) is 4.12. The zero-order valence-electron chi connectivity index (χ0n) is 9.62. The van der Waals surface area contributed by atoms with Crippen LogP contribution < -0.4 is 5.32 Å². The Balaban J connectivity index is 1.99. The van der Waals surface area contributed by atoms with Crippen molar-refractivity contribution >= 4 is 5.91 Å². The van der Waals surface area contributed by atoms with Gasteiger partial charge in [-0.05, 0) is 18.6 Å². The molecule has 4 heteroatoms. The van der Waals surface area contributed by atoms with E-state index in [4.69, 9.17) is 4.42 Å². The van der Waals surface area contributed by atoms with Gasteiger partial charge in [-0.1, -0.05) is 0 Å². The second-order valence-electron chi connectivity index (χ2n) is 4.12. The third-order valence-corrected chi connectivity index (χ3v) is 2.87. The third kappa shape index (κ3) is 2.17. The van der Waals surface area contributed by atoms with Gasteiger partial charge in [-0.2, -0.15) is 0 Å². The molecule has 86 valence electrons. The largest absolute Gasteiger partial charge is 0.472 e. The summed E-state index contributed by atoms with van der Waals surface area (Å²) in [6.45, 7) is 4.17. The van der Waals surface area contributed by atoms with Crippen LogP contribution in [0.5, 0.6) is 0 Å². The van der Waals surface area contributed by atoms with Crippen LogP contribution in [0.3, 0.4) is 0 Å². The van der Waals surface area contributed by atoms with E-state index in [2.05, 4.69) is 5.32 Å². The van der Waals surface area contributed by atoms with Gasteiger partial charge in [0.1, 0.15) is 0 Å². The van der Waals surface area contributed by atoms with Gasteiger partial charge in [0.2, 0.25) is 5.91 Å². The lowest BCUT2D eigenvalue weighted by Crippen LogP contribution is -2.38. The van der Waals surface area contributed by atoms with E-state index in [1.54, 1.807) is 17.4 Å². The van der Waals surface area contributed by atoms with Crippen molar-refractivity contribution in [2.75, 3.05) is 20.1 Å². The summed E-state index contributed by atoms with van der Waals surface area (Å²) in [4.78, 5) is 13.7. The molecule has 0 aromatic carbocycles. The third-order valence-electron chi connectivity index (χ3n) is 2.87. The highest BCUT2D eigenvalue weighted by atomic mass is 16.3. The summed E-state index contributed by atoms with van der Waals surface area (Å²) in [6, 6.07) is 1.87. The number of likely N-dealkylation sites (N-methyl/N-ethyl adjacent to an activating group) is 1. The van der Waals surface area contributed by atoms with Crippen LogP contribution in [-0.2, 0) is 11.3 Å². The highest BCUT2D eigenvalue weighted by molar-refractivity contribution is 5.93. The quantitative estimate of drug-likeness (QED) is 0.777. The molecule has 1 aromatic heterocycles. The van der Waals surface area contributed by atoms with Crippen molar-refractivity contribution in [2.24, 2.45) is 0 Å². The molecular weight excluding hydrogens is 204 g/mol. The average Bonchev–Trinajstić information content (AvgIpc) is 2.66. The van der Waals surface area contributed by atoms with Crippen LogP contribution in [0.15, 0.2) is 34.2 Å². The van der Waals surface area contributed by atoms with Crippen LogP contribution in [0.2, 0.25) is 0 Å². The van der Waals surface area contributed by atoms with E-state index in [9.17, 15) is 4.79 Å². The normalized spacial score (nSPS) is 14.5. The van der Waals surface area contributed by atoms with Crippen LogP contribution in [0.25, 0.3) is 0 Å². The maximum Gasteiger partial charge on any atom is 0.249 e. The van der Waals surface area contributed by atoms with Crippen molar-refractivity contribution in [1.82, 2.24) is 10.2 Å². The van der Waals surface area contributed by atoms with E-state index >= 15 is 0 Å². The molecule has 1 aromatic rings. The predicted molar refractivity (Wildman–Crippen MR) is 60.8 cm³/mol. The van der Waals surface area contributed by atoms with E-state index in [1.807, 2.05) is 20.0 Å². The number of carbonyl (C=O) groups excluding carboxylic acids is 1. The summed E-state index contributed by atoms with van der Waals surface area (Å²) in [5.74, 6) is 0.0951. The number of carbonyl (C=O) groups is 1. The molecular formula is C12H16N2O2. The van der Waals surface area contributed by atoms with Crippen molar-refractivity contribution in [3.8, 4) is 0 Å². The van der Waals surface area contributed by atoms with Crippen molar-refractivity contribution in [1.29, 1.82) is 0 Å². The van der Waals surface area contributed by atoms with E-state index in [0.29, 0.717) is 6.54 Å². The van der Waals surface area contributed by atoms with Gasteiger partial charge in [-0.25, -0.2) is 0 Å². The fourth-order valence-electron chi connectivity index (χ4n) is 1.68. The molecule has 0 bridgehead atoms. The van der Waals surface area contributed by atoms with Crippen molar-refractivity contribution < 1.29 is 9.21 Å². The monoisotopic (exact) mass is 220 g/mol. The van der Waals surface area contributed by atoms with Crippen LogP contribution >= 0.6 is 0 Å². The Morgan fingerprint density at radius 2 is 2.31 bits per heavy atom. The van der Waals surface area contributed by atoms with Gasteiger partial charge in [0.05, 0.1) is 12.5 Å². The SMILES string of the molecule is CC(C(=O)N(C)Cc1ccoc1)=C1CNC1. The molecule has 0 spiro atoms. The molecule has 1 aliphatic rings. The van der Waals surface area contributed by atoms with E-state index in [-0.39, 0.29) is 5.91 Å². The smallest absolute Gasteiger partial charge is 0.249 e. The van der Waals surface area contributed by atoms with Crippen molar-refractivity contribution in [2.45, 2.75) is 13.5 Å². The minimum absolute atomic E-state index is 0.0951. The first-order valence-corrected chi connectivity index (χ1v) is 5.34. The molecule has 1 saturated heterocycles. The topological polar surface area (TPSA) is 45.5 Å². The summed E-state index contributed by atoms with van der Waals surface area (Å²) in [5.41, 5.74) is 3.09. The van der Waals surface area contributed by atoms with Gasteiger partial charge in [0, 0.05) is 37.8 Å².